The Morgan fingerprint density at radius 2 is 1.93 bits per heavy atom. The molecule has 27 heavy (non-hydrogen) atoms. The Morgan fingerprint density at radius 1 is 1.19 bits per heavy atom. The number of carbonyl (C=O) groups excluding carboxylic acids is 2. The lowest BCUT2D eigenvalue weighted by Crippen LogP contribution is -2.43. The minimum absolute atomic E-state index is 0.0294. The van der Waals surface area contributed by atoms with E-state index in [-0.39, 0.29) is 29.3 Å². The van der Waals surface area contributed by atoms with Gasteiger partial charge in [-0.1, -0.05) is 30.3 Å². The van der Waals surface area contributed by atoms with Gasteiger partial charge in [0.25, 0.3) is 6.43 Å². The summed E-state index contributed by atoms with van der Waals surface area (Å²) in [6, 6.07) is 10.6. The Bertz CT molecular complexity index is 839. The van der Waals surface area contributed by atoms with Crippen molar-refractivity contribution in [1.82, 2.24) is 20.4 Å². The van der Waals surface area contributed by atoms with Gasteiger partial charge in [0, 0.05) is 37.0 Å². The van der Waals surface area contributed by atoms with E-state index in [1.54, 1.807) is 4.90 Å². The molecule has 142 valence electrons. The van der Waals surface area contributed by atoms with Crippen molar-refractivity contribution in [2.75, 3.05) is 13.1 Å². The predicted octanol–water partition coefficient (Wildman–Crippen LogP) is 2.34. The zero-order valence-electron chi connectivity index (χ0n) is 14.6. The molecule has 2 fully saturated rings. The Labute approximate surface area is 154 Å². The van der Waals surface area contributed by atoms with E-state index in [1.165, 1.54) is 6.07 Å². The van der Waals surface area contributed by atoms with Crippen LogP contribution in [0.2, 0.25) is 0 Å². The van der Waals surface area contributed by atoms with Gasteiger partial charge >= 0.3 is 0 Å². The molecule has 0 bridgehead atoms. The molecule has 1 aromatic heterocycles. The number of rotatable bonds is 4. The SMILES string of the molecule is O=C1CC[C@@H](C(=O)N2C[C@H](c3ccccc3)[C@@H](c3cc(C(F)F)n[nH]3)C2)N1. The molecule has 3 heterocycles. The molecular formula is C19H20F2N4O2. The van der Waals surface area contributed by atoms with Gasteiger partial charge in [-0.3, -0.25) is 14.7 Å². The van der Waals surface area contributed by atoms with E-state index in [0.717, 1.165) is 5.56 Å². The number of aromatic amines is 1. The summed E-state index contributed by atoms with van der Waals surface area (Å²) in [7, 11) is 0. The first-order valence-corrected chi connectivity index (χ1v) is 8.99. The molecule has 0 aliphatic carbocycles. The maximum atomic E-state index is 12.9. The van der Waals surface area contributed by atoms with Crippen molar-refractivity contribution in [3.8, 4) is 0 Å². The van der Waals surface area contributed by atoms with Gasteiger partial charge in [-0.25, -0.2) is 8.78 Å². The average Bonchev–Trinajstić information content (AvgIpc) is 3.40. The third kappa shape index (κ3) is 3.43. The van der Waals surface area contributed by atoms with Crippen LogP contribution in [0.25, 0.3) is 0 Å². The van der Waals surface area contributed by atoms with Crippen LogP contribution in [0.1, 0.15) is 48.1 Å². The highest BCUT2D eigenvalue weighted by molar-refractivity contribution is 5.91. The van der Waals surface area contributed by atoms with Crippen molar-refractivity contribution >= 4 is 11.8 Å². The number of carbonyl (C=O) groups is 2. The number of benzene rings is 1. The van der Waals surface area contributed by atoms with Crippen LogP contribution in [0, 0.1) is 0 Å². The van der Waals surface area contributed by atoms with Crippen LogP contribution in [-0.2, 0) is 9.59 Å². The fourth-order valence-electron chi connectivity index (χ4n) is 4.01. The summed E-state index contributed by atoms with van der Waals surface area (Å²) in [4.78, 5) is 26.0. The number of aromatic nitrogens is 2. The molecule has 2 amide bonds. The lowest BCUT2D eigenvalue weighted by molar-refractivity contribution is -0.133. The lowest BCUT2D eigenvalue weighted by atomic mass is 9.87. The Kier molecular flexibility index (Phi) is 4.63. The van der Waals surface area contributed by atoms with Crippen molar-refractivity contribution in [1.29, 1.82) is 0 Å². The lowest BCUT2D eigenvalue weighted by Gasteiger charge is -2.20. The Hall–Kier alpha value is -2.77. The van der Waals surface area contributed by atoms with Gasteiger partial charge in [0.2, 0.25) is 11.8 Å². The van der Waals surface area contributed by atoms with Gasteiger partial charge in [-0.2, -0.15) is 5.10 Å². The zero-order valence-corrected chi connectivity index (χ0v) is 14.6. The van der Waals surface area contributed by atoms with Crippen LogP contribution in [0.4, 0.5) is 8.78 Å². The van der Waals surface area contributed by atoms with E-state index in [0.29, 0.717) is 31.6 Å². The van der Waals surface area contributed by atoms with Gasteiger partial charge in [0.15, 0.2) is 0 Å². The fraction of sp³-hybridized carbons (Fsp3) is 0.421. The number of nitrogens with one attached hydrogen (secondary N) is 2. The number of halogens is 2. The summed E-state index contributed by atoms with van der Waals surface area (Å²) >= 11 is 0. The molecule has 3 atom stereocenters. The molecule has 0 saturated carbocycles. The predicted molar refractivity (Wildman–Crippen MR) is 93.2 cm³/mol. The number of hydrogen-bond donors (Lipinski definition) is 2. The number of hydrogen-bond acceptors (Lipinski definition) is 3. The molecule has 2 aromatic rings. The monoisotopic (exact) mass is 374 g/mol. The third-order valence-electron chi connectivity index (χ3n) is 5.39. The quantitative estimate of drug-likeness (QED) is 0.862. The van der Waals surface area contributed by atoms with Crippen molar-refractivity contribution < 1.29 is 18.4 Å². The first-order chi connectivity index (χ1) is 13.0. The van der Waals surface area contributed by atoms with E-state index < -0.39 is 12.5 Å². The molecule has 8 heteroatoms. The van der Waals surface area contributed by atoms with Crippen molar-refractivity contribution in [3.63, 3.8) is 0 Å². The van der Waals surface area contributed by atoms with E-state index in [1.807, 2.05) is 30.3 Å². The van der Waals surface area contributed by atoms with E-state index in [4.69, 9.17) is 0 Å². The van der Waals surface area contributed by atoms with Crippen LogP contribution in [0.15, 0.2) is 36.4 Å². The molecule has 0 spiro atoms. The van der Waals surface area contributed by atoms with Crippen LogP contribution in [-0.4, -0.2) is 46.0 Å². The molecule has 2 aliphatic rings. The molecule has 2 aliphatic heterocycles. The van der Waals surface area contributed by atoms with Gasteiger partial charge in [0.05, 0.1) is 0 Å². The first-order valence-electron chi connectivity index (χ1n) is 8.99. The summed E-state index contributed by atoms with van der Waals surface area (Å²) in [6.45, 7) is 0.874. The summed E-state index contributed by atoms with van der Waals surface area (Å²) in [5.41, 5.74) is 1.36. The Balaban J connectivity index is 1.60. The number of nitrogens with zero attached hydrogens (tertiary/aromatic N) is 2. The maximum Gasteiger partial charge on any atom is 0.282 e. The second-order valence-electron chi connectivity index (χ2n) is 7.07. The topological polar surface area (TPSA) is 78.1 Å². The average molecular weight is 374 g/mol. The third-order valence-corrected chi connectivity index (χ3v) is 5.39. The van der Waals surface area contributed by atoms with Crippen LogP contribution < -0.4 is 5.32 Å². The van der Waals surface area contributed by atoms with Crippen molar-refractivity contribution in [3.05, 3.63) is 53.3 Å². The minimum atomic E-state index is -2.64. The van der Waals surface area contributed by atoms with Gasteiger partial charge in [0.1, 0.15) is 11.7 Å². The standard InChI is InChI=1S/C19H20F2N4O2/c20-18(21)16-8-15(23-24-16)13-10-25(19(27)14-6-7-17(26)22-14)9-12(13)11-4-2-1-3-5-11/h1-5,8,12-14,18H,6-7,9-10H2,(H,22,26)(H,23,24)/t12-,13+,14+/m1/s1. The summed E-state index contributed by atoms with van der Waals surface area (Å²) in [5.74, 6) is -0.414. The maximum absolute atomic E-state index is 12.9. The van der Waals surface area contributed by atoms with E-state index in [2.05, 4.69) is 15.5 Å². The molecule has 2 N–H and O–H groups in total. The molecule has 0 unspecified atom stereocenters. The highest BCUT2D eigenvalue weighted by atomic mass is 19.3. The second kappa shape index (κ2) is 7.09. The molecule has 0 radical (unpaired) electrons. The number of H-pyrrole nitrogens is 1. The number of alkyl halides is 2. The molecule has 2 saturated heterocycles. The van der Waals surface area contributed by atoms with Crippen LogP contribution in [0.3, 0.4) is 0 Å². The van der Waals surface area contributed by atoms with Gasteiger partial charge in [-0.05, 0) is 18.1 Å². The summed E-state index contributed by atoms with van der Waals surface area (Å²) in [6.07, 6.45) is -1.79. The fourth-order valence-corrected chi connectivity index (χ4v) is 4.01. The molecule has 4 rings (SSSR count). The number of likely N-dealkylation sites (tertiary alicyclic amines) is 1. The zero-order chi connectivity index (χ0) is 19.0. The van der Waals surface area contributed by atoms with Crippen molar-refractivity contribution in [2.45, 2.75) is 37.1 Å². The Morgan fingerprint density at radius 3 is 2.56 bits per heavy atom. The molecule has 1 aromatic carbocycles. The summed E-state index contributed by atoms with van der Waals surface area (Å²) in [5, 5.41) is 9.15. The molecular weight excluding hydrogens is 354 g/mol. The summed E-state index contributed by atoms with van der Waals surface area (Å²) < 4.78 is 25.9. The van der Waals surface area contributed by atoms with E-state index in [9.17, 15) is 18.4 Å². The molecule has 6 nitrogen and oxygen atoms in total. The van der Waals surface area contributed by atoms with Crippen molar-refractivity contribution in [2.24, 2.45) is 0 Å². The smallest absolute Gasteiger partial charge is 0.282 e. The van der Waals surface area contributed by atoms with Gasteiger partial charge in [-0.15, -0.1) is 0 Å². The minimum Gasteiger partial charge on any atom is -0.344 e. The van der Waals surface area contributed by atoms with Crippen LogP contribution >= 0.6 is 0 Å². The number of amides is 2. The van der Waals surface area contributed by atoms with E-state index >= 15 is 0 Å². The highest BCUT2D eigenvalue weighted by Gasteiger charge is 2.41. The highest BCUT2D eigenvalue weighted by Crippen LogP contribution is 2.40. The van der Waals surface area contributed by atoms with Gasteiger partial charge < -0.3 is 10.2 Å². The largest absolute Gasteiger partial charge is 0.344 e. The normalized spacial score (nSPS) is 25.2. The second-order valence-corrected chi connectivity index (χ2v) is 7.07. The van der Waals surface area contributed by atoms with Crippen LogP contribution in [0.5, 0.6) is 0 Å². The first kappa shape index (κ1) is 17.6.